The summed E-state index contributed by atoms with van der Waals surface area (Å²) in [5.41, 5.74) is 2.81. The van der Waals surface area contributed by atoms with Crippen LogP contribution >= 0.6 is 23.1 Å². The van der Waals surface area contributed by atoms with Crippen LogP contribution in [0.4, 0.5) is 22.2 Å². The van der Waals surface area contributed by atoms with Crippen molar-refractivity contribution in [3.05, 3.63) is 48.5 Å². The zero-order chi connectivity index (χ0) is 21.3. The maximum Gasteiger partial charge on any atom is 0.234 e. The minimum Gasteiger partial charge on any atom is -0.497 e. The molecule has 0 aliphatic carbocycles. The number of amides is 1. The van der Waals surface area contributed by atoms with E-state index in [9.17, 15) is 4.79 Å². The first-order valence-electron chi connectivity index (χ1n) is 9.63. The highest BCUT2D eigenvalue weighted by atomic mass is 32.2. The van der Waals surface area contributed by atoms with E-state index in [0.29, 0.717) is 5.13 Å². The fourth-order valence-corrected chi connectivity index (χ4v) is 4.38. The first kappa shape index (κ1) is 21.9. The molecule has 0 fully saturated rings. The quantitative estimate of drug-likeness (QED) is 0.433. The van der Waals surface area contributed by atoms with E-state index in [1.54, 1.807) is 7.11 Å². The number of carbonyl (C=O) groups is 1. The van der Waals surface area contributed by atoms with Crippen LogP contribution in [0, 0.1) is 0 Å². The van der Waals surface area contributed by atoms with Gasteiger partial charge >= 0.3 is 0 Å². The van der Waals surface area contributed by atoms with Crippen molar-refractivity contribution in [1.82, 2.24) is 10.2 Å². The molecule has 0 bridgehead atoms. The highest BCUT2D eigenvalue weighted by Crippen LogP contribution is 2.29. The largest absolute Gasteiger partial charge is 0.497 e. The summed E-state index contributed by atoms with van der Waals surface area (Å²) in [6.07, 6.45) is 0. The highest BCUT2D eigenvalue weighted by molar-refractivity contribution is 8.01. The van der Waals surface area contributed by atoms with Gasteiger partial charge in [0.25, 0.3) is 0 Å². The van der Waals surface area contributed by atoms with Crippen molar-refractivity contribution in [3.8, 4) is 5.75 Å². The SMILES string of the molecule is CCN(CC)c1ccc(NC(=O)CSc2nnc(Nc3cccc(OC)c3)s2)cc1. The lowest BCUT2D eigenvalue weighted by atomic mass is 10.2. The number of carbonyl (C=O) groups excluding carboxylic acids is 1. The molecule has 0 unspecified atom stereocenters. The lowest BCUT2D eigenvalue weighted by Crippen LogP contribution is -2.21. The van der Waals surface area contributed by atoms with E-state index in [2.05, 4.69) is 39.6 Å². The average Bonchev–Trinajstić information content (AvgIpc) is 3.21. The summed E-state index contributed by atoms with van der Waals surface area (Å²) in [5, 5.41) is 15.1. The van der Waals surface area contributed by atoms with Gasteiger partial charge in [-0.25, -0.2) is 0 Å². The van der Waals surface area contributed by atoms with Crippen molar-refractivity contribution < 1.29 is 9.53 Å². The number of nitrogens with zero attached hydrogens (tertiary/aromatic N) is 3. The summed E-state index contributed by atoms with van der Waals surface area (Å²) < 4.78 is 5.95. The summed E-state index contributed by atoms with van der Waals surface area (Å²) in [7, 11) is 1.63. The molecule has 2 N–H and O–H groups in total. The molecule has 0 spiro atoms. The summed E-state index contributed by atoms with van der Waals surface area (Å²) in [6, 6.07) is 15.5. The average molecular weight is 444 g/mol. The van der Waals surface area contributed by atoms with Crippen LogP contribution in [-0.4, -0.2) is 42.1 Å². The van der Waals surface area contributed by atoms with Crippen molar-refractivity contribution in [3.63, 3.8) is 0 Å². The van der Waals surface area contributed by atoms with Crippen LogP contribution in [0.5, 0.6) is 5.75 Å². The van der Waals surface area contributed by atoms with E-state index in [4.69, 9.17) is 4.74 Å². The van der Waals surface area contributed by atoms with Crippen molar-refractivity contribution in [2.24, 2.45) is 0 Å². The predicted octanol–water partition coefficient (Wildman–Crippen LogP) is 4.87. The molecule has 1 aromatic heterocycles. The van der Waals surface area contributed by atoms with Gasteiger partial charge in [0.1, 0.15) is 5.75 Å². The van der Waals surface area contributed by atoms with Gasteiger partial charge in [-0.3, -0.25) is 4.79 Å². The fraction of sp³-hybridized carbons (Fsp3) is 0.286. The Labute approximate surface area is 184 Å². The normalized spacial score (nSPS) is 10.5. The third kappa shape index (κ3) is 6.11. The molecule has 2 aromatic carbocycles. The van der Waals surface area contributed by atoms with E-state index in [1.807, 2.05) is 48.5 Å². The van der Waals surface area contributed by atoms with Crippen LogP contribution in [0.1, 0.15) is 13.8 Å². The number of benzene rings is 2. The molecule has 1 heterocycles. The first-order valence-corrected chi connectivity index (χ1v) is 11.4. The van der Waals surface area contributed by atoms with Gasteiger partial charge in [-0.15, -0.1) is 10.2 Å². The molecular weight excluding hydrogens is 418 g/mol. The number of hydrogen-bond acceptors (Lipinski definition) is 8. The number of rotatable bonds is 10. The van der Waals surface area contributed by atoms with Crippen LogP contribution in [0.25, 0.3) is 0 Å². The van der Waals surface area contributed by atoms with Crippen LogP contribution in [0.3, 0.4) is 0 Å². The molecule has 0 radical (unpaired) electrons. The Balaban J connectivity index is 1.49. The van der Waals surface area contributed by atoms with Gasteiger partial charge in [0.2, 0.25) is 11.0 Å². The highest BCUT2D eigenvalue weighted by Gasteiger charge is 2.10. The lowest BCUT2D eigenvalue weighted by molar-refractivity contribution is -0.113. The molecular formula is C21H25N5O2S2. The van der Waals surface area contributed by atoms with E-state index in [0.717, 1.165) is 40.2 Å². The van der Waals surface area contributed by atoms with Crippen molar-refractivity contribution in [2.45, 2.75) is 18.2 Å². The maximum absolute atomic E-state index is 12.3. The van der Waals surface area contributed by atoms with Crippen molar-refractivity contribution in [2.75, 3.05) is 41.5 Å². The van der Waals surface area contributed by atoms with Crippen LogP contribution in [0.15, 0.2) is 52.9 Å². The minimum absolute atomic E-state index is 0.0758. The minimum atomic E-state index is -0.0758. The number of anilines is 4. The van der Waals surface area contributed by atoms with Crippen LogP contribution in [-0.2, 0) is 4.79 Å². The Morgan fingerprint density at radius 3 is 2.57 bits per heavy atom. The number of methoxy groups -OCH3 is 1. The Hall–Kier alpha value is -2.78. The number of hydrogen-bond donors (Lipinski definition) is 2. The fourth-order valence-electron chi connectivity index (χ4n) is 2.81. The molecule has 0 aliphatic rings. The number of thioether (sulfide) groups is 1. The molecule has 0 saturated heterocycles. The summed E-state index contributed by atoms with van der Waals surface area (Å²) >= 11 is 2.76. The second-order valence-electron chi connectivity index (χ2n) is 6.29. The molecule has 3 aromatic rings. The molecule has 0 aliphatic heterocycles. The Morgan fingerprint density at radius 2 is 1.87 bits per heavy atom. The second-order valence-corrected chi connectivity index (χ2v) is 8.49. The number of ether oxygens (including phenoxy) is 1. The topological polar surface area (TPSA) is 79.4 Å². The van der Waals surface area contributed by atoms with Gasteiger partial charge in [-0.2, -0.15) is 0 Å². The molecule has 3 rings (SSSR count). The summed E-state index contributed by atoms with van der Waals surface area (Å²) in [4.78, 5) is 14.5. The maximum atomic E-state index is 12.3. The Bertz CT molecular complexity index is 958. The predicted molar refractivity (Wildman–Crippen MR) is 126 cm³/mol. The second kappa shape index (κ2) is 10.8. The van der Waals surface area contributed by atoms with E-state index >= 15 is 0 Å². The van der Waals surface area contributed by atoms with Gasteiger partial charge in [0.15, 0.2) is 4.34 Å². The molecule has 0 saturated carbocycles. The zero-order valence-electron chi connectivity index (χ0n) is 17.2. The summed E-state index contributed by atoms with van der Waals surface area (Å²) in [6.45, 7) is 6.16. The molecule has 1 amide bonds. The monoisotopic (exact) mass is 443 g/mol. The zero-order valence-corrected chi connectivity index (χ0v) is 18.8. The van der Waals surface area contributed by atoms with Crippen molar-refractivity contribution >= 4 is 51.2 Å². The smallest absolute Gasteiger partial charge is 0.234 e. The molecule has 0 atom stereocenters. The van der Waals surface area contributed by atoms with Gasteiger partial charge < -0.3 is 20.3 Å². The third-order valence-electron chi connectivity index (χ3n) is 4.33. The van der Waals surface area contributed by atoms with Gasteiger partial charge in [0, 0.05) is 36.2 Å². The van der Waals surface area contributed by atoms with Gasteiger partial charge in [0.05, 0.1) is 12.9 Å². The van der Waals surface area contributed by atoms with E-state index in [-0.39, 0.29) is 11.7 Å². The third-order valence-corrected chi connectivity index (χ3v) is 6.31. The van der Waals surface area contributed by atoms with E-state index in [1.165, 1.54) is 23.1 Å². The lowest BCUT2D eigenvalue weighted by Gasteiger charge is -2.21. The Kier molecular flexibility index (Phi) is 7.92. The standard InChI is InChI=1S/C21H25N5O2S2/c1-4-26(5-2)17-11-9-15(10-12-17)22-19(27)14-29-21-25-24-20(30-21)23-16-7-6-8-18(13-16)28-3/h6-13H,4-5,14H2,1-3H3,(H,22,27)(H,23,24). The van der Waals surface area contributed by atoms with Crippen molar-refractivity contribution in [1.29, 1.82) is 0 Å². The van der Waals surface area contributed by atoms with Gasteiger partial charge in [-0.1, -0.05) is 29.2 Å². The van der Waals surface area contributed by atoms with E-state index < -0.39 is 0 Å². The number of nitrogens with one attached hydrogen (secondary N) is 2. The molecule has 158 valence electrons. The van der Waals surface area contributed by atoms with Gasteiger partial charge in [-0.05, 0) is 50.2 Å². The molecule has 7 nitrogen and oxygen atoms in total. The van der Waals surface area contributed by atoms with Crippen LogP contribution < -0.4 is 20.3 Å². The molecule has 9 heteroatoms. The molecule has 30 heavy (non-hydrogen) atoms. The summed E-state index contributed by atoms with van der Waals surface area (Å²) in [5.74, 6) is 0.958. The van der Waals surface area contributed by atoms with Crippen LogP contribution in [0.2, 0.25) is 0 Å². The Morgan fingerprint density at radius 1 is 1.10 bits per heavy atom. The number of aromatic nitrogens is 2. The first-order chi connectivity index (χ1) is 14.6.